The summed E-state index contributed by atoms with van der Waals surface area (Å²) in [7, 11) is 0. The Morgan fingerprint density at radius 2 is 2.17 bits per heavy atom. The molecule has 1 aliphatic rings. The summed E-state index contributed by atoms with van der Waals surface area (Å²) >= 11 is 0. The molecule has 0 radical (unpaired) electrons. The maximum Gasteiger partial charge on any atom is 0.243 e. The van der Waals surface area contributed by atoms with E-state index in [0.717, 1.165) is 18.9 Å². The fourth-order valence-corrected chi connectivity index (χ4v) is 2.73. The van der Waals surface area contributed by atoms with Crippen LogP contribution in [0.4, 0.5) is 5.82 Å². The fourth-order valence-electron chi connectivity index (χ4n) is 2.73. The van der Waals surface area contributed by atoms with Gasteiger partial charge in [0.1, 0.15) is 5.82 Å². The van der Waals surface area contributed by atoms with E-state index < -0.39 is 0 Å². The number of carbonyl (C=O) groups excluding carboxylic acids is 1. The Labute approximate surface area is 142 Å². The maximum absolute atomic E-state index is 11.4. The molecule has 1 amide bonds. The predicted molar refractivity (Wildman–Crippen MR) is 94.2 cm³/mol. The van der Waals surface area contributed by atoms with Gasteiger partial charge in [0.15, 0.2) is 0 Å². The Kier molecular flexibility index (Phi) is 4.97. The Bertz CT molecular complexity index is 769. The highest BCUT2D eigenvalue weighted by atomic mass is 16.1. The van der Waals surface area contributed by atoms with Gasteiger partial charge in [-0.05, 0) is 11.6 Å². The summed E-state index contributed by atoms with van der Waals surface area (Å²) in [5.41, 5.74) is 1.20. The Morgan fingerprint density at radius 1 is 1.33 bits per heavy atom. The van der Waals surface area contributed by atoms with E-state index in [0.29, 0.717) is 13.0 Å². The normalized spacial score (nSPS) is 15.8. The lowest BCUT2D eigenvalue weighted by molar-refractivity contribution is -0.116. The van der Waals surface area contributed by atoms with Crippen LogP contribution < -0.4 is 10.2 Å². The molecule has 0 aliphatic carbocycles. The number of nitrogens with zero attached hydrogens (tertiary/aromatic N) is 3. The van der Waals surface area contributed by atoms with Gasteiger partial charge in [-0.2, -0.15) is 5.10 Å². The molecule has 1 aliphatic heterocycles. The van der Waals surface area contributed by atoms with Crippen molar-refractivity contribution in [3.8, 4) is 12.0 Å². The molecule has 2 heterocycles. The topological polar surface area (TPSA) is 50.2 Å². The molecule has 1 unspecified atom stereocenters. The first-order valence-electron chi connectivity index (χ1n) is 7.98. The minimum atomic E-state index is -0.150. The van der Waals surface area contributed by atoms with Crippen molar-refractivity contribution in [3.05, 3.63) is 60.8 Å². The monoisotopic (exact) mass is 320 g/mol. The van der Waals surface area contributed by atoms with Crippen molar-refractivity contribution in [2.75, 3.05) is 18.0 Å². The molecule has 122 valence electrons. The molecule has 0 saturated heterocycles. The highest BCUT2D eigenvalue weighted by molar-refractivity contribution is 5.86. The SMILES string of the molecule is C=CC(=O)NCC1CN(C#CCc2ccccc2)c2ccnn2C1. The quantitative estimate of drug-likeness (QED) is 0.691. The highest BCUT2D eigenvalue weighted by Gasteiger charge is 2.24. The van der Waals surface area contributed by atoms with Crippen LogP contribution >= 0.6 is 0 Å². The van der Waals surface area contributed by atoms with Gasteiger partial charge in [0, 0.05) is 44.1 Å². The third-order valence-electron chi connectivity index (χ3n) is 3.94. The molecule has 24 heavy (non-hydrogen) atoms. The molecule has 5 nitrogen and oxygen atoms in total. The van der Waals surface area contributed by atoms with Crippen LogP contribution in [0, 0.1) is 17.9 Å². The van der Waals surface area contributed by atoms with Gasteiger partial charge in [0.05, 0.1) is 6.20 Å². The Hall–Kier alpha value is -3.00. The molecule has 1 atom stereocenters. The van der Waals surface area contributed by atoms with Crippen LogP contribution in [0.15, 0.2) is 55.3 Å². The smallest absolute Gasteiger partial charge is 0.243 e. The summed E-state index contributed by atoms with van der Waals surface area (Å²) in [6.45, 7) is 5.60. The molecule has 0 fully saturated rings. The predicted octanol–water partition coefficient (Wildman–Crippen LogP) is 1.83. The third kappa shape index (κ3) is 3.85. The molecule has 1 N–H and O–H groups in total. The zero-order valence-electron chi connectivity index (χ0n) is 13.5. The number of benzene rings is 1. The molecule has 0 saturated carbocycles. The molecule has 1 aromatic carbocycles. The molecule has 0 bridgehead atoms. The zero-order chi connectivity index (χ0) is 16.8. The van der Waals surface area contributed by atoms with E-state index in [9.17, 15) is 4.79 Å². The van der Waals surface area contributed by atoms with E-state index in [1.54, 1.807) is 6.20 Å². The molecular weight excluding hydrogens is 300 g/mol. The van der Waals surface area contributed by atoms with Crippen LogP contribution in [-0.2, 0) is 17.8 Å². The van der Waals surface area contributed by atoms with Crippen molar-refractivity contribution < 1.29 is 4.79 Å². The van der Waals surface area contributed by atoms with E-state index >= 15 is 0 Å². The second kappa shape index (κ2) is 7.51. The molecule has 3 rings (SSSR count). The van der Waals surface area contributed by atoms with Crippen molar-refractivity contribution in [1.29, 1.82) is 0 Å². The van der Waals surface area contributed by atoms with Crippen LogP contribution in [0.1, 0.15) is 5.56 Å². The number of carbonyl (C=O) groups is 1. The molecule has 1 aromatic heterocycles. The number of aromatic nitrogens is 2. The van der Waals surface area contributed by atoms with Gasteiger partial charge < -0.3 is 5.32 Å². The molecule has 0 spiro atoms. The average molecular weight is 320 g/mol. The number of nitrogens with one attached hydrogen (secondary N) is 1. The average Bonchev–Trinajstić information content (AvgIpc) is 3.09. The number of fused-ring (bicyclic) bond motifs is 1. The Morgan fingerprint density at radius 3 is 2.96 bits per heavy atom. The number of hydrogen-bond acceptors (Lipinski definition) is 3. The van der Waals surface area contributed by atoms with E-state index in [-0.39, 0.29) is 11.8 Å². The summed E-state index contributed by atoms with van der Waals surface area (Å²) in [5, 5.41) is 7.20. The van der Waals surface area contributed by atoms with Crippen molar-refractivity contribution in [2.24, 2.45) is 5.92 Å². The highest BCUT2D eigenvalue weighted by Crippen LogP contribution is 2.21. The number of hydrogen-bond donors (Lipinski definition) is 1. The van der Waals surface area contributed by atoms with Crippen molar-refractivity contribution >= 4 is 11.7 Å². The molecule has 5 heteroatoms. The van der Waals surface area contributed by atoms with Gasteiger partial charge in [-0.25, -0.2) is 4.68 Å². The summed E-state index contributed by atoms with van der Waals surface area (Å²) in [6, 6.07) is 15.4. The summed E-state index contributed by atoms with van der Waals surface area (Å²) in [4.78, 5) is 13.4. The van der Waals surface area contributed by atoms with Crippen LogP contribution in [0.3, 0.4) is 0 Å². The third-order valence-corrected chi connectivity index (χ3v) is 3.94. The first-order valence-corrected chi connectivity index (χ1v) is 7.98. The zero-order valence-corrected chi connectivity index (χ0v) is 13.5. The van der Waals surface area contributed by atoms with Gasteiger partial charge in [-0.1, -0.05) is 42.8 Å². The number of amides is 1. The van der Waals surface area contributed by atoms with Gasteiger partial charge in [-0.3, -0.25) is 9.69 Å². The van der Waals surface area contributed by atoms with Crippen molar-refractivity contribution in [1.82, 2.24) is 15.1 Å². The van der Waals surface area contributed by atoms with Crippen molar-refractivity contribution in [3.63, 3.8) is 0 Å². The van der Waals surface area contributed by atoms with Crippen LogP contribution in [0.2, 0.25) is 0 Å². The second-order valence-corrected chi connectivity index (χ2v) is 5.75. The number of anilines is 1. The maximum atomic E-state index is 11.4. The summed E-state index contributed by atoms with van der Waals surface area (Å²) < 4.78 is 1.94. The first-order chi connectivity index (χ1) is 11.8. The van der Waals surface area contributed by atoms with Gasteiger partial charge >= 0.3 is 0 Å². The minimum absolute atomic E-state index is 0.150. The second-order valence-electron chi connectivity index (χ2n) is 5.75. The van der Waals surface area contributed by atoms with E-state index in [2.05, 4.69) is 41.1 Å². The standard InChI is InChI=1S/C19H20N4O/c1-2-18(24)20-13-17-14-22(19-10-11-21-23(19)15-17)12-6-9-16-7-4-3-5-8-16/h2-5,7-8,10-11,17H,1,9,13-15H2,(H,20,24). The van der Waals surface area contributed by atoms with Gasteiger partial charge in [0.25, 0.3) is 0 Å². The van der Waals surface area contributed by atoms with Crippen LogP contribution in [-0.4, -0.2) is 28.8 Å². The van der Waals surface area contributed by atoms with E-state index in [1.807, 2.05) is 33.8 Å². The van der Waals surface area contributed by atoms with Gasteiger partial charge in [0.2, 0.25) is 5.91 Å². The summed E-state index contributed by atoms with van der Waals surface area (Å²) in [5.74, 6) is 4.34. The fraction of sp³-hybridized carbons (Fsp3) is 0.263. The lowest BCUT2D eigenvalue weighted by Crippen LogP contribution is -2.41. The lowest BCUT2D eigenvalue weighted by Gasteiger charge is -2.30. The lowest BCUT2D eigenvalue weighted by atomic mass is 10.1. The first kappa shape index (κ1) is 15.9. The van der Waals surface area contributed by atoms with Crippen LogP contribution in [0.5, 0.6) is 0 Å². The van der Waals surface area contributed by atoms with E-state index in [4.69, 9.17) is 0 Å². The summed E-state index contributed by atoms with van der Waals surface area (Å²) in [6.07, 6.45) is 3.79. The molecular formula is C19H20N4O. The Balaban J connectivity index is 1.68. The largest absolute Gasteiger partial charge is 0.352 e. The van der Waals surface area contributed by atoms with Crippen molar-refractivity contribution in [2.45, 2.75) is 13.0 Å². The number of rotatable bonds is 4. The van der Waals surface area contributed by atoms with E-state index in [1.165, 1.54) is 11.6 Å². The van der Waals surface area contributed by atoms with Crippen LogP contribution in [0.25, 0.3) is 0 Å². The minimum Gasteiger partial charge on any atom is -0.352 e. The molecule has 2 aromatic rings. The van der Waals surface area contributed by atoms with Gasteiger partial charge in [-0.15, -0.1) is 0 Å².